The second kappa shape index (κ2) is 10.6. The number of morpholine rings is 1. The SMILES string of the molecule is CCOc1cncc(CNc2ccc3c(c2)Cc2cccc(C4CN(c5cc[nH]c(=O)c5)CCO4)c2O3)c1. The highest BCUT2D eigenvalue weighted by molar-refractivity contribution is 5.59. The molecule has 8 heteroatoms. The first-order chi connectivity index (χ1) is 18.7. The van der Waals surface area contributed by atoms with Gasteiger partial charge in [0.05, 0.1) is 19.4 Å². The van der Waals surface area contributed by atoms with Gasteiger partial charge in [-0.15, -0.1) is 0 Å². The Morgan fingerprint density at radius 1 is 1.13 bits per heavy atom. The van der Waals surface area contributed by atoms with Gasteiger partial charge in [0.15, 0.2) is 0 Å². The third kappa shape index (κ3) is 5.08. The molecule has 1 unspecified atom stereocenters. The number of hydrogen-bond donors (Lipinski definition) is 2. The van der Waals surface area contributed by atoms with Crippen molar-refractivity contribution in [1.82, 2.24) is 9.97 Å². The number of fused-ring (bicyclic) bond motifs is 2. The van der Waals surface area contributed by atoms with Gasteiger partial charge in [-0.2, -0.15) is 0 Å². The molecule has 1 saturated heterocycles. The molecule has 0 spiro atoms. The minimum atomic E-state index is -0.151. The number of rotatable bonds is 7. The van der Waals surface area contributed by atoms with Crippen LogP contribution in [0, 0.1) is 0 Å². The number of nitrogens with one attached hydrogen (secondary N) is 2. The molecule has 2 aliphatic heterocycles. The van der Waals surface area contributed by atoms with Gasteiger partial charge < -0.3 is 29.4 Å². The van der Waals surface area contributed by atoms with Crippen LogP contribution >= 0.6 is 0 Å². The highest BCUT2D eigenvalue weighted by Crippen LogP contribution is 2.43. The average molecular weight is 511 g/mol. The van der Waals surface area contributed by atoms with Crippen molar-refractivity contribution in [1.29, 1.82) is 0 Å². The van der Waals surface area contributed by atoms with Gasteiger partial charge >= 0.3 is 0 Å². The lowest BCUT2D eigenvalue weighted by Gasteiger charge is -2.36. The van der Waals surface area contributed by atoms with Crippen molar-refractivity contribution in [3.8, 4) is 17.2 Å². The number of anilines is 2. The smallest absolute Gasteiger partial charge is 0.249 e. The summed E-state index contributed by atoms with van der Waals surface area (Å²) in [7, 11) is 0. The molecule has 2 N–H and O–H groups in total. The number of aromatic amines is 1. The van der Waals surface area contributed by atoms with Crippen molar-refractivity contribution >= 4 is 11.4 Å². The first-order valence-electron chi connectivity index (χ1n) is 12.9. The zero-order chi connectivity index (χ0) is 25.9. The molecule has 0 saturated carbocycles. The molecule has 38 heavy (non-hydrogen) atoms. The predicted molar refractivity (Wildman–Crippen MR) is 146 cm³/mol. The zero-order valence-corrected chi connectivity index (χ0v) is 21.3. The minimum absolute atomic E-state index is 0.105. The molecule has 8 nitrogen and oxygen atoms in total. The second-order valence-electron chi connectivity index (χ2n) is 9.47. The number of benzene rings is 2. The van der Waals surface area contributed by atoms with Gasteiger partial charge in [-0.25, -0.2) is 0 Å². The summed E-state index contributed by atoms with van der Waals surface area (Å²) in [5.41, 5.74) is 6.19. The second-order valence-corrected chi connectivity index (χ2v) is 9.47. The van der Waals surface area contributed by atoms with E-state index in [1.807, 2.05) is 37.4 Å². The van der Waals surface area contributed by atoms with Gasteiger partial charge in [-0.1, -0.05) is 18.2 Å². The highest BCUT2D eigenvalue weighted by Gasteiger charge is 2.28. The van der Waals surface area contributed by atoms with Crippen LogP contribution in [-0.2, 0) is 17.7 Å². The molecule has 2 aromatic heterocycles. The predicted octanol–water partition coefficient (Wildman–Crippen LogP) is 5.06. The lowest BCUT2D eigenvalue weighted by atomic mass is 9.95. The summed E-state index contributed by atoms with van der Waals surface area (Å²) in [5, 5.41) is 3.49. The van der Waals surface area contributed by atoms with E-state index in [1.54, 1.807) is 18.5 Å². The van der Waals surface area contributed by atoms with Crippen molar-refractivity contribution in [3.63, 3.8) is 0 Å². The Morgan fingerprint density at radius 2 is 2.08 bits per heavy atom. The molecule has 6 rings (SSSR count). The maximum atomic E-state index is 11.8. The van der Waals surface area contributed by atoms with Crippen molar-refractivity contribution in [2.45, 2.75) is 26.0 Å². The lowest BCUT2D eigenvalue weighted by molar-refractivity contribution is 0.0384. The number of para-hydroxylation sites is 1. The third-order valence-corrected chi connectivity index (χ3v) is 6.90. The fraction of sp³-hybridized carbons (Fsp3) is 0.267. The van der Waals surface area contributed by atoms with E-state index in [0.29, 0.717) is 26.3 Å². The van der Waals surface area contributed by atoms with Gasteiger partial charge in [0.25, 0.3) is 0 Å². The van der Waals surface area contributed by atoms with Gasteiger partial charge in [-0.05, 0) is 48.4 Å². The van der Waals surface area contributed by atoms with Gasteiger partial charge in [0.1, 0.15) is 23.4 Å². The monoisotopic (exact) mass is 510 g/mol. The Kier molecular flexibility index (Phi) is 6.71. The Hall–Kier alpha value is -4.30. The maximum Gasteiger partial charge on any atom is 0.249 e. The Bertz CT molecular complexity index is 1500. The number of pyridine rings is 2. The molecule has 0 amide bonds. The van der Waals surface area contributed by atoms with E-state index in [2.05, 4.69) is 44.5 Å². The number of H-pyrrole nitrogens is 1. The van der Waals surface area contributed by atoms with E-state index in [0.717, 1.165) is 63.8 Å². The van der Waals surface area contributed by atoms with Crippen LogP contribution in [0.5, 0.6) is 17.2 Å². The molecule has 0 aliphatic carbocycles. The molecule has 4 heterocycles. The number of aromatic nitrogens is 2. The Morgan fingerprint density at radius 3 is 2.97 bits per heavy atom. The largest absolute Gasteiger partial charge is 0.492 e. The van der Waals surface area contributed by atoms with E-state index in [9.17, 15) is 4.79 Å². The molecule has 2 aliphatic rings. The fourth-order valence-corrected chi connectivity index (χ4v) is 5.08. The summed E-state index contributed by atoms with van der Waals surface area (Å²) < 4.78 is 18.2. The summed E-state index contributed by atoms with van der Waals surface area (Å²) in [5.74, 6) is 2.51. The zero-order valence-electron chi connectivity index (χ0n) is 21.3. The summed E-state index contributed by atoms with van der Waals surface area (Å²) in [6, 6.07) is 18.0. The van der Waals surface area contributed by atoms with Gasteiger partial charge in [0, 0.05) is 67.0 Å². The summed E-state index contributed by atoms with van der Waals surface area (Å²) in [6.07, 6.45) is 5.89. The molecule has 4 aromatic rings. The van der Waals surface area contributed by atoms with Crippen molar-refractivity contribution in [3.05, 3.63) is 106 Å². The third-order valence-electron chi connectivity index (χ3n) is 6.90. The lowest BCUT2D eigenvalue weighted by Crippen LogP contribution is -2.39. The maximum absolute atomic E-state index is 11.8. The number of nitrogens with zero attached hydrogens (tertiary/aromatic N) is 2. The van der Waals surface area contributed by atoms with E-state index in [-0.39, 0.29) is 11.7 Å². The van der Waals surface area contributed by atoms with E-state index in [4.69, 9.17) is 14.2 Å². The van der Waals surface area contributed by atoms with E-state index >= 15 is 0 Å². The van der Waals surface area contributed by atoms with Crippen molar-refractivity contribution < 1.29 is 14.2 Å². The first-order valence-corrected chi connectivity index (χ1v) is 12.9. The summed E-state index contributed by atoms with van der Waals surface area (Å²) in [4.78, 5) is 21.0. The first kappa shape index (κ1) is 24.1. The topological polar surface area (TPSA) is 88.7 Å². The molecule has 0 radical (unpaired) electrons. The van der Waals surface area contributed by atoms with Crippen molar-refractivity contribution in [2.24, 2.45) is 0 Å². The summed E-state index contributed by atoms with van der Waals surface area (Å²) in [6.45, 7) is 5.20. The van der Waals surface area contributed by atoms with Gasteiger partial charge in [-0.3, -0.25) is 9.78 Å². The summed E-state index contributed by atoms with van der Waals surface area (Å²) >= 11 is 0. The van der Waals surface area contributed by atoms with E-state index in [1.165, 1.54) is 0 Å². The Balaban J connectivity index is 1.18. The van der Waals surface area contributed by atoms with Crippen LogP contribution in [0.25, 0.3) is 0 Å². The highest BCUT2D eigenvalue weighted by atomic mass is 16.5. The number of hydrogen-bond acceptors (Lipinski definition) is 7. The molecule has 0 bridgehead atoms. The van der Waals surface area contributed by atoms with Crippen LogP contribution in [0.4, 0.5) is 11.4 Å². The molecular formula is C30H30N4O4. The fourth-order valence-electron chi connectivity index (χ4n) is 5.08. The number of ether oxygens (including phenoxy) is 3. The quantitative estimate of drug-likeness (QED) is 0.317. The van der Waals surface area contributed by atoms with Crippen LogP contribution in [-0.4, -0.2) is 36.3 Å². The van der Waals surface area contributed by atoms with Crippen LogP contribution in [0.1, 0.15) is 35.3 Å². The normalized spacial score (nSPS) is 16.2. The molecular weight excluding hydrogens is 480 g/mol. The minimum Gasteiger partial charge on any atom is -0.492 e. The molecule has 1 atom stereocenters. The van der Waals surface area contributed by atoms with Crippen LogP contribution < -0.4 is 25.2 Å². The molecule has 1 fully saturated rings. The van der Waals surface area contributed by atoms with Crippen LogP contribution in [0.15, 0.2) is 78.0 Å². The molecule has 194 valence electrons. The molecule has 2 aromatic carbocycles. The standard InChI is InChI=1S/C30H30N4O4/c1-2-36-25-12-20(16-31-18-25)17-33-23-6-7-27-22(14-23)13-21-4-3-5-26(30(21)38-27)28-19-34(10-11-37-28)24-8-9-32-29(35)15-24/h3-9,12,14-16,18,28,33H,2,10-11,13,17,19H2,1H3,(H,32,35). The average Bonchev–Trinajstić information content (AvgIpc) is 2.95. The van der Waals surface area contributed by atoms with E-state index < -0.39 is 0 Å². The Labute approximate surface area is 221 Å². The van der Waals surface area contributed by atoms with Crippen molar-refractivity contribution in [2.75, 3.05) is 36.5 Å². The van der Waals surface area contributed by atoms with Gasteiger partial charge in [0.2, 0.25) is 5.56 Å². The van der Waals surface area contributed by atoms with Crippen LogP contribution in [0.3, 0.4) is 0 Å². The van der Waals surface area contributed by atoms with Crippen LogP contribution in [0.2, 0.25) is 0 Å².